The number of aromatic nitrogens is 3. The van der Waals surface area contributed by atoms with Crippen LogP contribution in [0.1, 0.15) is 50.1 Å². The summed E-state index contributed by atoms with van der Waals surface area (Å²) in [7, 11) is 0. The molecule has 2 heterocycles. The van der Waals surface area contributed by atoms with E-state index in [-0.39, 0.29) is 0 Å². The van der Waals surface area contributed by atoms with Crippen molar-refractivity contribution >= 4 is 34.8 Å². The molecule has 0 amide bonds. The molecule has 1 aliphatic rings. The van der Waals surface area contributed by atoms with Crippen molar-refractivity contribution in [3.8, 4) is 11.1 Å². The third-order valence-corrected chi connectivity index (χ3v) is 6.77. The molecule has 1 aliphatic carbocycles. The Hall–Kier alpha value is -1.72. The molecule has 4 rings (SSSR count). The first-order valence-corrected chi connectivity index (χ1v) is 11.7. The molecule has 0 fully saturated rings. The van der Waals surface area contributed by atoms with Crippen LogP contribution in [-0.2, 0) is 12.8 Å². The Morgan fingerprint density at radius 3 is 2.71 bits per heavy atom. The molecule has 0 bridgehead atoms. The maximum Gasteiger partial charge on any atom is 0.165 e. The Bertz CT molecular complexity index is 1020. The first-order valence-electron chi connectivity index (χ1n) is 10.1. The number of nitrogens with one attached hydrogen (secondary N) is 1. The van der Waals surface area contributed by atoms with Crippen molar-refractivity contribution in [3.63, 3.8) is 0 Å². The van der Waals surface area contributed by atoms with Gasteiger partial charge in [-0.05, 0) is 57.4 Å². The van der Waals surface area contributed by atoms with Gasteiger partial charge in [-0.2, -0.15) is 9.61 Å². The van der Waals surface area contributed by atoms with Gasteiger partial charge in [-0.25, -0.2) is 4.98 Å². The third kappa shape index (κ3) is 3.29. The van der Waals surface area contributed by atoms with Crippen LogP contribution >= 0.6 is 23.4 Å². The Morgan fingerprint density at radius 2 is 2.04 bits per heavy atom. The fraction of sp³-hybridized carbons (Fsp3) is 0.455. The van der Waals surface area contributed by atoms with Gasteiger partial charge in [0.2, 0.25) is 0 Å². The van der Waals surface area contributed by atoms with E-state index in [2.05, 4.69) is 44.5 Å². The molecule has 0 saturated heterocycles. The lowest BCUT2D eigenvalue weighted by Gasteiger charge is -2.19. The molecule has 0 aliphatic heterocycles. The van der Waals surface area contributed by atoms with Crippen LogP contribution in [0.5, 0.6) is 0 Å². The normalized spacial score (nSPS) is 13.5. The highest BCUT2D eigenvalue weighted by Crippen LogP contribution is 2.38. The predicted molar refractivity (Wildman–Crippen MR) is 120 cm³/mol. The number of hydrogen-bond acceptors (Lipinski definition) is 4. The second-order valence-corrected chi connectivity index (χ2v) is 8.73. The van der Waals surface area contributed by atoms with Gasteiger partial charge in [0.25, 0.3) is 0 Å². The second-order valence-electron chi connectivity index (χ2n) is 7.44. The van der Waals surface area contributed by atoms with Gasteiger partial charge in [0.1, 0.15) is 5.82 Å². The van der Waals surface area contributed by atoms with Crippen LogP contribution in [0.2, 0.25) is 5.02 Å². The summed E-state index contributed by atoms with van der Waals surface area (Å²) < 4.78 is 2.02. The van der Waals surface area contributed by atoms with E-state index in [0.717, 1.165) is 70.3 Å². The quantitative estimate of drug-likeness (QED) is 0.490. The van der Waals surface area contributed by atoms with Gasteiger partial charge in [-0.3, -0.25) is 0 Å². The second kappa shape index (κ2) is 7.96. The minimum Gasteiger partial charge on any atom is -0.367 e. The van der Waals surface area contributed by atoms with Crippen molar-refractivity contribution in [1.82, 2.24) is 14.6 Å². The number of anilines is 1. The zero-order valence-corrected chi connectivity index (χ0v) is 18.5. The van der Waals surface area contributed by atoms with E-state index in [0.29, 0.717) is 6.04 Å². The molecule has 28 heavy (non-hydrogen) atoms. The number of halogens is 1. The van der Waals surface area contributed by atoms with Gasteiger partial charge in [-0.1, -0.05) is 31.5 Å². The molecule has 0 atom stereocenters. The average Bonchev–Trinajstić information content (AvgIpc) is 3.29. The Labute approximate surface area is 176 Å². The standard InChI is InChI=1S/C22H27ClN4S/c1-5-14(6-2)24-21-17-8-7-9-19(17)25-22-20(13(3)26-27(21)22)16-11-10-15(28-4)12-18(16)23/h10-12,14,24H,5-9H2,1-4H3. The van der Waals surface area contributed by atoms with Crippen molar-refractivity contribution in [2.75, 3.05) is 11.6 Å². The van der Waals surface area contributed by atoms with Gasteiger partial charge >= 0.3 is 0 Å². The average molecular weight is 415 g/mol. The summed E-state index contributed by atoms with van der Waals surface area (Å²) in [5.41, 5.74) is 6.45. The van der Waals surface area contributed by atoms with Crippen LogP contribution in [-0.4, -0.2) is 26.9 Å². The van der Waals surface area contributed by atoms with Crippen molar-refractivity contribution in [2.24, 2.45) is 0 Å². The van der Waals surface area contributed by atoms with Gasteiger partial charge < -0.3 is 5.32 Å². The molecule has 4 nitrogen and oxygen atoms in total. The van der Waals surface area contributed by atoms with Gasteiger partial charge in [-0.15, -0.1) is 11.8 Å². The number of hydrogen-bond donors (Lipinski definition) is 1. The van der Waals surface area contributed by atoms with Gasteiger partial charge in [0, 0.05) is 32.8 Å². The minimum atomic E-state index is 0.438. The minimum absolute atomic E-state index is 0.438. The van der Waals surface area contributed by atoms with Crippen LogP contribution in [0.4, 0.5) is 5.82 Å². The highest BCUT2D eigenvalue weighted by molar-refractivity contribution is 7.98. The summed E-state index contributed by atoms with van der Waals surface area (Å²) in [6.45, 7) is 6.51. The number of benzene rings is 1. The number of thioether (sulfide) groups is 1. The molecule has 0 spiro atoms. The summed E-state index contributed by atoms with van der Waals surface area (Å²) in [6, 6.07) is 6.68. The smallest absolute Gasteiger partial charge is 0.165 e. The molecular formula is C22H27ClN4S. The molecular weight excluding hydrogens is 388 g/mol. The summed E-state index contributed by atoms with van der Waals surface area (Å²) in [4.78, 5) is 6.21. The summed E-state index contributed by atoms with van der Waals surface area (Å²) in [5.74, 6) is 1.12. The fourth-order valence-corrected chi connectivity index (χ4v) is 4.89. The third-order valence-electron chi connectivity index (χ3n) is 5.74. The number of rotatable bonds is 6. The van der Waals surface area contributed by atoms with Crippen LogP contribution < -0.4 is 5.32 Å². The lowest BCUT2D eigenvalue weighted by molar-refractivity contribution is 0.661. The molecule has 1 N–H and O–H groups in total. The zero-order valence-electron chi connectivity index (χ0n) is 17.0. The van der Waals surface area contributed by atoms with Crippen LogP contribution in [0.3, 0.4) is 0 Å². The lowest BCUT2D eigenvalue weighted by atomic mass is 10.1. The van der Waals surface area contributed by atoms with Crippen molar-refractivity contribution in [1.29, 1.82) is 0 Å². The molecule has 0 saturated carbocycles. The summed E-state index contributed by atoms with van der Waals surface area (Å²) >= 11 is 8.36. The zero-order chi connectivity index (χ0) is 19.8. The largest absolute Gasteiger partial charge is 0.367 e. The molecule has 0 radical (unpaired) electrons. The predicted octanol–water partition coefficient (Wildman–Crippen LogP) is 6.17. The fourth-order valence-electron chi connectivity index (χ4n) is 4.11. The Balaban J connectivity index is 1.94. The first-order chi connectivity index (χ1) is 13.6. The van der Waals surface area contributed by atoms with E-state index in [9.17, 15) is 0 Å². The van der Waals surface area contributed by atoms with E-state index >= 15 is 0 Å². The number of fused-ring (bicyclic) bond motifs is 2. The van der Waals surface area contributed by atoms with Gasteiger partial charge in [0.15, 0.2) is 5.65 Å². The van der Waals surface area contributed by atoms with Crippen LogP contribution in [0, 0.1) is 6.92 Å². The summed E-state index contributed by atoms with van der Waals surface area (Å²) in [6.07, 6.45) is 7.50. The van der Waals surface area contributed by atoms with Crippen molar-refractivity contribution in [3.05, 3.63) is 40.2 Å². The Kier molecular flexibility index (Phi) is 5.57. The number of nitrogens with zero attached hydrogens (tertiary/aromatic N) is 3. The highest BCUT2D eigenvalue weighted by Gasteiger charge is 2.25. The molecule has 3 aromatic rings. The van der Waals surface area contributed by atoms with E-state index in [4.69, 9.17) is 21.7 Å². The van der Waals surface area contributed by atoms with E-state index < -0.39 is 0 Å². The molecule has 2 aromatic heterocycles. The molecule has 1 aromatic carbocycles. The highest BCUT2D eigenvalue weighted by atomic mass is 35.5. The monoisotopic (exact) mass is 414 g/mol. The van der Waals surface area contributed by atoms with Crippen LogP contribution in [0.25, 0.3) is 16.8 Å². The Morgan fingerprint density at radius 1 is 1.25 bits per heavy atom. The lowest BCUT2D eigenvalue weighted by Crippen LogP contribution is -2.21. The first kappa shape index (κ1) is 19.6. The van der Waals surface area contributed by atoms with E-state index in [1.807, 2.05) is 10.6 Å². The summed E-state index contributed by atoms with van der Waals surface area (Å²) in [5, 5.41) is 9.42. The molecule has 0 unspecified atom stereocenters. The number of aryl methyl sites for hydroxylation is 2. The van der Waals surface area contributed by atoms with Crippen molar-refractivity contribution in [2.45, 2.75) is 63.8 Å². The molecule has 148 valence electrons. The maximum atomic E-state index is 6.66. The maximum absolute atomic E-state index is 6.66. The van der Waals surface area contributed by atoms with Crippen LogP contribution in [0.15, 0.2) is 23.1 Å². The topological polar surface area (TPSA) is 42.2 Å². The van der Waals surface area contributed by atoms with E-state index in [1.165, 1.54) is 11.3 Å². The van der Waals surface area contributed by atoms with Crippen molar-refractivity contribution < 1.29 is 0 Å². The van der Waals surface area contributed by atoms with Gasteiger partial charge in [0.05, 0.1) is 11.3 Å². The molecule has 6 heteroatoms. The van der Waals surface area contributed by atoms with E-state index in [1.54, 1.807) is 11.8 Å². The SMILES string of the molecule is CCC(CC)Nc1c2c(nc3c(-c4ccc(SC)cc4Cl)c(C)nn13)CCC2.